The van der Waals surface area contributed by atoms with E-state index in [-0.39, 0.29) is 0 Å². The molecule has 2 rings (SSSR count). The van der Waals surface area contributed by atoms with E-state index in [4.69, 9.17) is 0 Å². The third-order valence-electron chi connectivity index (χ3n) is 2.59. The average Bonchev–Trinajstić information content (AvgIpc) is 2.15. The molecule has 15 heavy (non-hydrogen) atoms. The van der Waals surface area contributed by atoms with Crippen molar-refractivity contribution in [1.29, 1.82) is 0 Å². The van der Waals surface area contributed by atoms with E-state index in [1.807, 2.05) is 0 Å². The Morgan fingerprint density at radius 3 is 2.93 bits per heavy atom. The maximum Gasteiger partial charge on any atom is 0.146 e. The summed E-state index contributed by atoms with van der Waals surface area (Å²) in [5, 5.41) is 3.29. The van der Waals surface area contributed by atoms with E-state index >= 15 is 0 Å². The second kappa shape index (κ2) is 4.90. The zero-order chi connectivity index (χ0) is 10.7. The number of nitrogens with zero attached hydrogens (tertiary/aromatic N) is 3. The van der Waals surface area contributed by atoms with Crippen molar-refractivity contribution in [3.63, 3.8) is 0 Å². The zero-order valence-electron chi connectivity index (χ0n) is 8.78. The first-order valence-electron chi connectivity index (χ1n) is 5.25. The highest BCUT2D eigenvalue weighted by atomic mass is 79.9. The van der Waals surface area contributed by atoms with Crippen molar-refractivity contribution in [2.45, 2.75) is 19.4 Å². The van der Waals surface area contributed by atoms with Gasteiger partial charge in [-0.2, -0.15) is 0 Å². The van der Waals surface area contributed by atoms with Crippen molar-refractivity contribution < 1.29 is 0 Å². The summed E-state index contributed by atoms with van der Waals surface area (Å²) in [7, 11) is 0. The van der Waals surface area contributed by atoms with E-state index in [2.05, 4.69) is 43.0 Å². The minimum atomic E-state index is 0.580. The number of anilines is 1. The molecule has 0 radical (unpaired) electrons. The number of hydrogen-bond donors (Lipinski definition) is 1. The lowest BCUT2D eigenvalue weighted by molar-refractivity contribution is 0.410. The molecule has 82 valence electrons. The Balaban J connectivity index is 2.19. The van der Waals surface area contributed by atoms with Crippen LogP contribution in [0.5, 0.6) is 0 Å². The Morgan fingerprint density at radius 2 is 2.40 bits per heavy atom. The van der Waals surface area contributed by atoms with Gasteiger partial charge in [-0.05, 0) is 22.4 Å². The second-order valence-corrected chi connectivity index (χ2v) is 4.55. The lowest BCUT2D eigenvalue weighted by Crippen LogP contribution is -2.58. The van der Waals surface area contributed by atoms with Crippen LogP contribution in [-0.2, 0) is 0 Å². The van der Waals surface area contributed by atoms with E-state index < -0.39 is 0 Å². The maximum atomic E-state index is 4.34. The highest BCUT2D eigenvalue weighted by Crippen LogP contribution is 2.25. The molecule has 0 aromatic carbocycles. The van der Waals surface area contributed by atoms with Crippen molar-refractivity contribution in [2.24, 2.45) is 0 Å². The maximum absolute atomic E-state index is 4.34. The van der Waals surface area contributed by atoms with Gasteiger partial charge in [0, 0.05) is 25.8 Å². The summed E-state index contributed by atoms with van der Waals surface area (Å²) in [5.74, 6) is 1.01. The van der Waals surface area contributed by atoms with E-state index in [1.54, 1.807) is 12.5 Å². The van der Waals surface area contributed by atoms with Crippen molar-refractivity contribution in [1.82, 2.24) is 15.3 Å². The number of aromatic nitrogens is 2. The summed E-state index contributed by atoms with van der Waals surface area (Å²) < 4.78 is 0.977. The summed E-state index contributed by atoms with van der Waals surface area (Å²) in [6, 6.07) is 0.580. The van der Waals surface area contributed by atoms with E-state index in [0.29, 0.717) is 6.04 Å². The predicted octanol–water partition coefficient (Wildman–Crippen LogP) is 1.43. The molecule has 4 nitrogen and oxygen atoms in total. The van der Waals surface area contributed by atoms with Crippen molar-refractivity contribution in [3.8, 4) is 0 Å². The van der Waals surface area contributed by atoms with Crippen molar-refractivity contribution in [2.75, 3.05) is 24.5 Å². The zero-order valence-corrected chi connectivity index (χ0v) is 10.4. The molecule has 1 fully saturated rings. The predicted molar refractivity (Wildman–Crippen MR) is 64.0 cm³/mol. The molecular formula is C10H15BrN4. The van der Waals surface area contributed by atoms with Crippen LogP contribution in [0, 0.1) is 0 Å². The summed E-state index contributed by atoms with van der Waals surface area (Å²) in [5.41, 5.74) is 0. The number of nitrogens with one attached hydrogen (secondary N) is 1. The SMILES string of the molecule is CCCN(c1ncncc1Br)C1CNC1. The molecule has 1 aliphatic heterocycles. The molecule has 0 amide bonds. The third kappa shape index (κ3) is 2.29. The van der Waals surface area contributed by atoms with E-state index in [1.165, 1.54) is 0 Å². The van der Waals surface area contributed by atoms with Gasteiger partial charge in [0.1, 0.15) is 12.1 Å². The van der Waals surface area contributed by atoms with Gasteiger partial charge in [0.15, 0.2) is 0 Å². The van der Waals surface area contributed by atoms with Gasteiger partial charge < -0.3 is 10.2 Å². The molecular weight excluding hydrogens is 256 g/mol. The van der Waals surface area contributed by atoms with Crippen LogP contribution < -0.4 is 10.2 Å². The lowest BCUT2D eigenvalue weighted by atomic mass is 10.1. The standard InChI is InChI=1S/C10H15BrN4/c1-2-3-15(8-4-12-5-8)10-9(11)6-13-7-14-10/h6-8,12H,2-5H2,1H3. The third-order valence-corrected chi connectivity index (χ3v) is 3.14. The molecule has 0 atom stereocenters. The Hall–Kier alpha value is -0.680. The smallest absolute Gasteiger partial charge is 0.146 e. The van der Waals surface area contributed by atoms with Gasteiger partial charge in [-0.25, -0.2) is 9.97 Å². The van der Waals surface area contributed by atoms with E-state index in [0.717, 1.165) is 36.3 Å². The van der Waals surface area contributed by atoms with E-state index in [9.17, 15) is 0 Å². The molecule has 1 aliphatic rings. The molecule has 5 heteroatoms. The summed E-state index contributed by atoms with van der Waals surface area (Å²) in [6.45, 7) is 5.34. The Kier molecular flexibility index (Phi) is 3.53. The van der Waals surface area contributed by atoms with Gasteiger partial charge in [0.25, 0.3) is 0 Å². The number of halogens is 1. The second-order valence-electron chi connectivity index (χ2n) is 3.70. The normalized spacial score (nSPS) is 16.1. The van der Waals surface area contributed by atoms with Gasteiger partial charge in [-0.15, -0.1) is 0 Å². The highest BCUT2D eigenvalue weighted by molar-refractivity contribution is 9.10. The summed E-state index contributed by atoms with van der Waals surface area (Å²) in [4.78, 5) is 10.7. The molecule has 1 aromatic heterocycles. The van der Waals surface area contributed by atoms with Crippen LogP contribution in [0.4, 0.5) is 5.82 Å². The van der Waals surface area contributed by atoms with Crippen LogP contribution in [0.2, 0.25) is 0 Å². The van der Waals surface area contributed by atoms with Crippen molar-refractivity contribution >= 4 is 21.7 Å². The minimum Gasteiger partial charge on any atom is -0.350 e. The van der Waals surface area contributed by atoms with Crippen LogP contribution in [-0.4, -0.2) is 35.6 Å². The monoisotopic (exact) mass is 270 g/mol. The fourth-order valence-electron chi connectivity index (χ4n) is 1.71. The minimum absolute atomic E-state index is 0.580. The van der Waals surface area contributed by atoms with Crippen LogP contribution >= 0.6 is 15.9 Å². The quantitative estimate of drug-likeness (QED) is 0.899. The van der Waals surface area contributed by atoms with Crippen LogP contribution in [0.3, 0.4) is 0 Å². The topological polar surface area (TPSA) is 41.1 Å². The Morgan fingerprint density at radius 1 is 1.60 bits per heavy atom. The average molecular weight is 271 g/mol. The summed E-state index contributed by atoms with van der Waals surface area (Å²) in [6.07, 6.45) is 4.54. The fraction of sp³-hybridized carbons (Fsp3) is 0.600. The highest BCUT2D eigenvalue weighted by Gasteiger charge is 2.26. The molecule has 0 aliphatic carbocycles. The van der Waals surface area contributed by atoms with Crippen molar-refractivity contribution in [3.05, 3.63) is 17.0 Å². The van der Waals surface area contributed by atoms with Gasteiger partial charge in [0.2, 0.25) is 0 Å². The van der Waals surface area contributed by atoms with Gasteiger partial charge in [0.05, 0.1) is 10.5 Å². The lowest BCUT2D eigenvalue weighted by Gasteiger charge is -2.39. The molecule has 1 N–H and O–H groups in total. The number of rotatable bonds is 4. The Bertz CT molecular complexity index is 327. The first kappa shape index (κ1) is 10.8. The molecule has 1 aromatic rings. The van der Waals surface area contributed by atoms with Crippen LogP contribution in [0.1, 0.15) is 13.3 Å². The van der Waals surface area contributed by atoms with Gasteiger partial charge in [-0.3, -0.25) is 0 Å². The molecule has 0 bridgehead atoms. The molecule has 0 spiro atoms. The molecule has 0 unspecified atom stereocenters. The van der Waals surface area contributed by atoms with Crippen LogP contribution in [0.15, 0.2) is 17.0 Å². The van der Waals surface area contributed by atoms with Gasteiger partial charge >= 0.3 is 0 Å². The molecule has 1 saturated heterocycles. The fourth-order valence-corrected chi connectivity index (χ4v) is 2.16. The molecule has 2 heterocycles. The largest absolute Gasteiger partial charge is 0.350 e. The first-order chi connectivity index (χ1) is 7.33. The number of hydrogen-bond acceptors (Lipinski definition) is 4. The first-order valence-corrected chi connectivity index (χ1v) is 6.05. The molecule has 0 saturated carbocycles. The van der Waals surface area contributed by atoms with Gasteiger partial charge in [-0.1, -0.05) is 6.92 Å². The Labute approximate surface area is 98.2 Å². The summed E-state index contributed by atoms with van der Waals surface area (Å²) >= 11 is 3.50. The van der Waals surface area contributed by atoms with Crippen LogP contribution in [0.25, 0.3) is 0 Å².